The molecule has 0 unspecified atom stereocenters. The number of hydrogen-bond acceptors (Lipinski definition) is 4. The predicted octanol–water partition coefficient (Wildman–Crippen LogP) is 2.22. The van der Waals surface area contributed by atoms with Gasteiger partial charge in [-0.05, 0) is 24.6 Å². The molecule has 0 radical (unpaired) electrons. The van der Waals surface area contributed by atoms with Crippen LogP contribution in [0.4, 0.5) is 0 Å². The lowest BCUT2D eigenvalue weighted by Crippen LogP contribution is -2.12. The molecule has 0 saturated heterocycles. The molecule has 96 valence electrons. The fraction of sp³-hybridized carbons (Fsp3) is 0.273. The van der Waals surface area contributed by atoms with Crippen molar-refractivity contribution in [2.45, 2.75) is 17.7 Å². The summed E-state index contributed by atoms with van der Waals surface area (Å²) in [7, 11) is -3.69. The number of nitrogens with zero attached hydrogens (tertiary/aromatic N) is 1. The van der Waals surface area contributed by atoms with Gasteiger partial charge in [-0.1, -0.05) is 15.9 Å². The summed E-state index contributed by atoms with van der Waals surface area (Å²) in [5, 5.41) is 17.3. The van der Waals surface area contributed by atoms with Crippen LogP contribution < -0.4 is 0 Å². The molecule has 1 aromatic carbocycles. The molecule has 0 spiro atoms. The molecule has 0 heterocycles. The van der Waals surface area contributed by atoms with E-state index in [1.807, 2.05) is 6.07 Å². The maximum absolute atomic E-state index is 12.0. The number of unbranched alkanes of at least 4 members (excludes halogenated alkanes) is 1. The standard InChI is InChI=1S/C11H10BrNO4S/c12-8-3-4-9(11(14)15)10(7-8)18(16,17)6-2-1-5-13/h3-4,7H,1-2,6H2,(H,14,15). The van der Waals surface area contributed by atoms with Crippen molar-refractivity contribution in [2.75, 3.05) is 5.75 Å². The molecule has 0 aliphatic rings. The van der Waals surface area contributed by atoms with Gasteiger partial charge in [0.2, 0.25) is 0 Å². The minimum Gasteiger partial charge on any atom is -0.478 e. The van der Waals surface area contributed by atoms with Crippen LogP contribution >= 0.6 is 15.9 Å². The zero-order chi connectivity index (χ0) is 13.8. The monoisotopic (exact) mass is 331 g/mol. The molecule has 0 atom stereocenters. The molecule has 1 aromatic rings. The van der Waals surface area contributed by atoms with E-state index >= 15 is 0 Å². The van der Waals surface area contributed by atoms with Gasteiger partial charge in [0, 0.05) is 10.9 Å². The average Bonchev–Trinajstić information content (AvgIpc) is 2.28. The maximum atomic E-state index is 12.0. The minimum atomic E-state index is -3.69. The van der Waals surface area contributed by atoms with Gasteiger partial charge in [0.15, 0.2) is 9.84 Å². The van der Waals surface area contributed by atoms with E-state index < -0.39 is 15.8 Å². The molecule has 0 aromatic heterocycles. The molecule has 18 heavy (non-hydrogen) atoms. The van der Waals surface area contributed by atoms with E-state index in [1.54, 1.807) is 0 Å². The van der Waals surface area contributed by atoms with Gasteiger partial charge >= 0.3 is 5.97 Å². The van der Waals surface area contributed by atoms with Gasteiger partial charge in [-0.3, -0.25) is 0 Å². The fourth-order valence-corrected chi connectivity index (χ4v) is 3.44. The van der Waals surface area contributed by atoms with Crippen molar-refractivity contribution in [3.05, 3.63) is 28.2 Å². The molecule has 1 rings (SSSR count). The van der Waals surface area contributed by atoms with Gasteiger partial charge in [-0.15, -0.1) is 0 Å². The molecule has 0 saturated carbocycles. The Hall–Kier alpha value is -1.39. The van der Waals surface area contributed by atoms with Crippen LogP contribution in [-0.4, -0.2) is 25.2 Å². The van der Waals surface area contributed by atoms with Crippen molar-refractivity contribution >= 4 is 31.7 Å². The lowest BCUT2D eigenvalue weighted by molar-refractivity contribution is 0.0692. The number of hydrogen-bond donors (Lipinski definition) is 1. The van der Waals surface area contributed by atoms with Crippen LogP contribution in [0.25, 0.3) is 0 Å². The van der Waals surface area contributed by atoms with Crippen molar-refractivity contribution < 1.29 is 18.3 Å². The van der Waals surface area contributed by atoms with Gasteiger partial charge < -0.3 is 5.11 Å². The maximum Gasteiger partial charge on any atom is 0.337 e. The zero-order valence-corrected chi connectivity index (χ0v) is 11.7. The molecule has 0 aliphatic carbocycles. The van der Waals surface area contributed by atoms with Crippen LogP contribution in [0.1, 0.15) is 23.2 Å². The van der Waals surface area contributed by atoms with Gasteiger partial charge in [0.1, 0.15) is 0 Å². The van der Waals surface area contributed by atoms with Crippen molar-refractivity contribution in [3.8, 4) is 6.07 Å². The number of rotatable bonds is 5. The molecule has 7 heteroatoms. The number of carboxylic acids is 1. The Balaban J connectivity index is 3.19. The van der Waals surface area contributed by atoms with Gasteiger partial charge in [0.25, 0.3) is 0 Å². The minimum absolute atomic E-state index is 0.121. The Morgan fingerprint density at radius 3 is 2.67 bits per heavy atom. The van der Waals surface area contributed by atoms with Gasteiger partial charge in [0.05, 0.1) is 22.3 Å². The quantitative estimate of drug-likeness (QED) is 0.834. The Morgan fingerprint density at radius 1 is 1.44 bits per heavy atom. The summed E-state index contributed by atoms with van der Waals surface area (Å²) in [6, 6.07) is 5.83. The summed E-state index contributed by atoms with van der Waals surface area (Å²) in [5.74, 6) is -1.53. The number of halogens is 1. The summed E-state index contributed by atoms with van der Waals surface area (Å²) in [5.41, 5.74) is -0.254. The van der Waals surface area contributed by atoms with E-state index in [4.69, 9.17) is 10.4 Å². The zero-order valence-electron chi connectivity index (χ0n) is 9.26. The molecule has 0 aliphatic heterocycles. The highest BCUT2D eigenvalue weighted by molar-refractivity contribution is 9.10. The molecular weight excluding hydrogens is 322 g/mol. The third-order valence-electron chi connectivity index (χ3n) is 2.21. The summed E-state index contributed by atoms with van der Waals surface area (Å²) < 4.78 is 24.5. The average molecular weight is 332 g/mol. The second-order valence-corrected chi connectivity index (χ2v) is 6.52. The van der Waals surface area contributed by atoms with Crippen LogP contribution in [0.2, 0.25) is 0 Å². The molecule has 5 nitrogen and oxygen atoms in total. The smallest absolute Gasteiger partial charge is 0.337 e. The van der Waals surface area contributed by atoms with Gasteiger partial charge in [-0.2, -0.15) is 5.26 Å². The van der Waals surface area contributed by atoms with Crippen molar-refractivity contribution in [1.82, 2.24) is 0 Å². The third kappa shape index (κ3) is 3.55. The second kappa shape index (κ2) is 5.98. The largest absolute Gasteiger partial charge is 0.478 e. The molecular formula is C11H10BrNO4S. The normalized spacial score (nSPS) is 10.9. The highest BCUT2D eigenvalue weighted by Crippen LogP contribution is 2.23. The Labute approximate surface area is 113 Å². The van der Waals surface area contributed by atoms with Crippen LogP contribution in [0.15, 0.2) is 27.6 Å². The lowest BCUT2D eigenvalue weighted by atomic mass is 10.2. The van der Waals surface area contributed by atoms with E-state index in [0.29, 0.717) is 4.47 Å². The number of carbonyl (C=O) groups is 1. The van der Waals surface area contributed by atoms with Crippen LogP contribution in [0, 0.1) is 11.3 Å². The SMILES string of the molecule is N#CCCCS(=O)(=O)c1cc(Br)ccc1C(=O)O. The Morgan fingerprint density at radius 2 is 2.11 bits per heavy atom. The first kappa shape index (κ1) is 14.7. The lowest BCUT2D eigenvalue weighted by Gasteiger charge is -2.07. The number of carboxylic acid groups (broad SMARTS) is 1. The van der Waals surface area contributed by atoms with Gasteiger partial charge in [-0.25, -0.2) is 13.2 Å². The van der Waals surface area contributed by atoms with Crippen molar-refractivity contribution in [3.63, 3.8) is 0 Å². The molecule has 0 amide bonds. The van der Waals surface area contributed by atoms with E-state index in [2.05, 4.69) is 15.9 Å². The first-order valence-electron chi connectivity index (χ1n) is 5.01. The second-order valence-electron chi connectivity index (χ2n) is 3.53. The number of nitriles is 1. The van der Waals surface area contributed by atoms with Crippen LogP contribution in [0.5, 0.6) is 0 Å². The van der Waals surface area contributed by atoms with E-state index in [0.717, 1.165) is 0 Å². The Bertz CT molecular complexity index is 604. The first-order valence-corrected chi connectivity index (χ1v) is 7.45. The summed E-state index contributed by atoms with van der Waals surface area (Å²) in [6.45, 7) is 0. The van der Waals surface area contributed by atoms with Crippen LogP contribution in [-0.2, 0) is 9.84 Å². The summed E-state index contributed by atoms with van der Waals surface area (Å²) in [4.78, 5) is 10.8. The van der Waals surface area contributed by atoms with Crippen molar-refractivity contribution in [1.29, 1.82) is 5.26 Å². The predicted molar refractivity (Wildman–Crippen MR) is 68.0 cm³/mol. The number of benzene rings is 1. The van der Waals surface area contributed by atoms with Crippen LogP contribution in [0.3, 0.4) is 0 Å². The molecule has 0 fully saturated rings. The van der Waals surface area contributed by atoms with E-state index in [-0.39, 0.29) is 29.1 Å². The first-order chi connectivity index (χ1) is 8.38. The van der Waals surface area contributed by atoms with E-state index in [1.165, 1.54) is 18.2 Å². The summed E-state index contributed by atoms with van der Waals surface area (Å²) in [6.07, 6.45) is 0.306. The molecule has 0 bridgehead atoms. The highest BCUT2D eigenvalue weighted by Gasteiger charge is 2.22. The number of sulfone groups is 1. The van der Waals surface area contributed by atoms with Crippen molar-refractivity contribution in [2.24, 2.45) is 0 Å². The fourth-order valence-electron chi connectivity index (χ4n) is 1.38. The highest BCUT2D eigenvalue weighted by atomic mass is 79.9. The molecule has 1 N–H and O–H groups in total. The number of aromatic carboxylic acids is 1. The summed E-state index contributed by atoms with van der Waals surface area (Å²) >= 11 is 3.11. The topological polar surface area (TPSA) is 95.2 Å². The third-order valence-corrected chi connectivity index (χ3v) is 4.54. The Kier molecular flexibility index (Phi) is 4.87. The van der Waals surface area contributed by atoms with E-state index in [9.17, 15) is 13.2 Å².